The van der Waals surface area contributed by atoms with Gasteiger partial charge in [-0.2, -0.15) is 0 Å². The van der Waals surface area contributed by atoms with Gasteiger partial charge in [-0.3, -0.25) is 9.59 Å². The van der Waals surface area contributed by atoms with Crippen LogP contribution in [-0.2, 0) is 25.6 Å². The molecule has 0 bridgehead atoms. The second-order valence-corrected chi connectivity index (χ2v) is 9.19. The van der Waals surface area contributed by atoms with E-state index in [-0.39, 0.29) is 31.3 Å². The highest BCUT2D eigenvalue weighted by molar-refractivity contribution is 5.86. The summed E-state index contributed by atoms with van der Waals surface area (Å²) in [6.45, 7) is 0.991. The summed E-state index contributed by atoms with van der Waals surface area (Å²) in [6, 6.07) is 24.4. The van der Waals surface area contributed by atoms with E-state index in [1.54, 1.807) is 12.0 Å². The average molecular weight is 517 g/mol. The Kier molecular flexibility index (Phi) is 9.11. The number of benzene rings is 3. The zero-order valence-corrected chi connectivity index (χ0v) is 21.3. The first-order valence-corrected chi connectivity index (χ1v) is 12.6. The Balaban J connectivity index is 1.46. The Hall–Kier alpha value is -4.17. The van der Waals surface area contributed by atoms with Gasteiger partial charge in [0.15, 0.2) is 0 Å². The van der Waals surface area contributed by atoms with Crippen molar-refractivity contribution in [2.45, 2.75) is 31.3 Å². The van der Waals surface area contributed by atoms with Crippen LogP contribution in [0.1, 0.15) is 35.4 Å². The molecule has 1 unspecified atom stereocenters. The number of carbonyl (C=O) groups is 3. The lowest BCUT2D eigenvalue weighted by molar-refractivity contribution is -0.138. The Labute approximate surface area is 222 Å². The first-order valence-electron chi connectivity index (χ1n) is 12.6. The summed E-state index contributed by atoms with van der Waals surface area (Å²) in [5, 5.41) is 11.9. The van der Waals surface area contributed by atoms with E-state index in [0.717, 1.165) is 27.8 Å². The Morgan fingerprint density at radius 3 is 2.13 bits per heavy atom. The van der Waals surface area contributed by atoms with E-state index in [2.05, 4.69) is 17.4 Å². The van der Waals surface area contributed by atoms with E-state index in [1.165, 1.54) is 0 Å². The summed E-state index contributed by atoms with van der Waals surface area (Å²) in [4.78, 5) is 39.3. The molecule has 3 aromatic rings. The number of methoxy groups -OCH3 is 1. The second-order valence-electron chi connectivity index (χ2n) is 9.19. The van der Waals surface area contributed by atoms with Crippen molar-refractivity contribution in [1.82, 2.24) is 10.2 Å². The topological polar surface area (TPSA) is 105 Å². The third-order valence-electron chi connectivity index (χ3n) is 6.67. The lowest BCUT2D eigenvalue weighted by Crippen LogP contribution is -2.49. The van der Waals surface area contributed by atoms with Gasteiger partial charge in [-0.15, -0.1) is 0 Å². The predicted molar refractivity (Wildman–Crippen MR) is 143 cm³/mol. The molecule has 0 fully saturated rings. The summed E-state index contributed by atoms with van der Waals surface area (Å²) in [7, 11) is 1.54. The minimum Gasteiger partial charge on any atom is -0.481 e. The molecule has 38 heavy (non-hydrogen) atoms. The number of ether oxygens (including phenoxy) is 2. The molecule has 0 heterocycles. The summed E-state index contributed by atoms with van der Waals surface area (Å²) in [5.41, 5.74) is 5.29. The van der Waals surface area contributed by atoms with E-state index in [1.807, 2.05) is 66.7 Å². The van der Waals surface area contributed by atoms with E-state index < -0.39 is 18.1 Å². The molecule has 3 aromatic carbocycles. The maximum absolute atomic E-state index is 13.5. The van der Waals surface area contributed by atoms with Crippen molar-refractivity contribution >= 4 is 18.0 Å². The monoisotopic (exact) mass is 516 g/mol. The fourth-order valence-corrected chi connectivity index (χ4v) is 4.80. The van der Waals surface area contributed by atoms with Crippen molar-refractivity contribution in [2.75, 3.05) is 26.9 Å². The van der Waals surface area contributed by atoms with Crippen molar-refractivity contribution in [3.8, 4) is 11.1 Å². The molecule has 0 spiro atoms. The highest BCUT2D eigenvalue weighted by atomic mass is 16.5. The van der Waals surface area contributed by atoms with Crippen molar-refractivity contribution < 1.29 is 29.0 Å². The van der Waals surface area contributed by atoms with Gasteiger partial charge in [0.25, 0.3) is 0 Å². The van der Waals surface area contributed by atoms with E-state index in [0.29, 0.717) is 19.7 Å². The number of carboxylic acids is 1. The predicted octanol–water partition coefficient (Wildman–Crippen LogP) is 4.43. The van der Waals surface area contributed by atoms with E-state index in [9.17, 15) is 19.5 Å². The lowest BCUT2D eigenvalue weighted by atomic mass is 9.98. The van der Waals surface area contributed by atoms with Crippen molar-refractivity contribution in [2.24, 2.45) is 0 Å². The largest absolute Gasteiger partial charge is 0.481 e. The third-order valence-corrected chi connectivity index (χ3v) is 6.67. The average Bonchev–Trinajstić information content (AvgIpc) is 3.26. The molecule has 8 heteroatoms. The number of alkyl carbamates (subject to hydrolysis) is 1. The highest BCUT2D eigenvalue weighted by Crippen LogP contribution is 2.44. The number of nitrogens with one attached hydrogen (secondary N) is 1. The number of amides is 2. The van der Waals surface area contributed by atoms with Crippen LogP contribution in [0.15, 0.2) is 78.9 Å². The molecule has 0 saturated carbocycles. The molecular weight excluding hydrogens is 484 g/mol. The standard InChI is InChI=1S/C30H32N2O6/c1-37-18-17-32(19-21-9-3-2-4-10-21)29(35)27(15-16-28(33)34)31-30(36)38-20-26-24-13-7-5-11-22(24)23-12-6-8-14-25(23)26/h2-14,26-27H,15-20H2,1H3,(H,31,36)(H,33,34). The first kappa shape index (κ1) is 26.9. The first-order chi connectivity index (χ1) is 18.5. The molecular formula is C30H32N2O6. The van der Waals surface area contributed by atoms with Crippen molar-refractivity contribution in [3.63, 3.8) is 0 Å². The van der Waals surface area contributed by atoms with Crippen molar-refractivity contribution in [1.29, 1.82) is 0 Å². The van der Waals surface area contributed by atoms with Crippen LogP contribution in [-0.4, -0.2) is 60.9 Å². The minimum atomic E-state index is -1.05. The van der Waals surface area contributed by atoms with Gasteiger partial charge in [0.1, 0.15) is 12.6 Å². The summed E-state index contributed by atoms with van der Waals surface area (Å²) in [6.07, 6.45) is -1.10. The van der Waals surface area contributed by atoms with Crippen LogP contribution in [0.5, 0.6) is 0 Å². The molecule has 0 aliphatic heterocycles. The zero-order chi connectivity index (χ0) is 26.9. The van der Waals surface area contributed by atoms with Crippen LogP contribution in [0.4, 0.5) is 4.79 Å². The van der Waals surface area contributed by atoms with Gasteiger partial charge in [0, 0.05) is 32.5 Å². The number of rotatable bonds is 12. The van der Waals surface area contributed by atoms with Crippen LogP contribution in [0, 0.1) is 0 Å². The highest BCUT2D eigenvalue weighted by Gasteiger charge is 2.31. The SMILES string of the molecule is COCCN(Cc1ccccc1)C(=O)C(CCC(=O)O)NC(=O)OCC1c2ccccc2-c2ccccc21. The van der Waals surface area contributed by atoms with Crippen LogP contribution in [0.2, 0.25) is 0 Å². The normalized spacial score (nSPS) is 12.8. The molecule has 0 radical (unpaired) electrons. The summed E-state index contributed by atoms with van der Waals surface area (Å²) in [5.74, 6) is -1.57. The number of aliphatic carboxylic acids is 1. The molecule has 1 atom stereocenters. The second kappa shape index (κ2) is 12.9. The van der Waals surface area contributed by atoms with Gasteiger partial charge in [-0.25, -0.2) is 4.79 Å². The Morgan fingerprint density at radius 2 is 1.53 bits per heavy atom. The minimum absolute atomic E-state index is 0.0589. The van der Waals surface area contributed by atoms with E-state index >= 15 is 0 Å². The van der Waals surface area contributed by atoms with Crippen LogP contribution < -0.4 is 5.32 Å². The molecule has 198 valence electrons. The summed E-state index contributed by atoms with van der Waals surface area (Å²) >= 11 is 0. The number of carbonyl (C=O) groups excluding carboxylic acids is 2. The molecule has 2 N–H and O–H groups in total. The molecule has 0 saturated heterocycles. The van der Waals surface area contributed by atoms with Gasteiger partial charge in [-0.1, -0.05) is 78.9 Å². The van der Waals surface area contributed by atoms with Gasteiger partial charge in [-0.05, 0) is 34.2 Å². The van der Waals surface area contributed by atoms with Crippen LogP contribution >= 0.6 is 0 Å². The quantitative estimate of drug-likeness (QED) is 0.369. The third kappa shape index (κ3) is 6.58. The van der Waals surface area contributed by atoms with Gasteiger partial charge < -0.3 is 24.8 Å². The fourth-order valence-electron chi connectivity index (χ4n) is 4.80. The van der Waals surface area contributed by atoms with E-state index in [4.69, 9.17) is 9.47 Å². The Morgan fingerprint density at radius 1 is 0.921 bits per heavy atom. The lowest BCUT2D eigenvalue weighted by Gasteiger charge is -2.28. The smallest absolute Gasteiger partial charge is 0.407 e. The zero-order valence-electron chi connectivity index (χ0n) is 21.3. The Bertz CT molecular complexity index is 1220. The molecule has 1 aliphatic rings. The molecule has 1 aliphatic carbocycles. The molecule has 4 rings (SSSR count). The maximum Gasteiger partial charge on any atom is 0.407 e. The number of nitrogens with zero attached hydrogens (tertiary/aromatic N) is 1. The van der Waals surface area contributed by atoms with Gasteiger partial charge in [0.2, 0.25) is 5.91 Å². The van der Waals surface area contributed by atoms with Gasteiger partial charge >= 0.3 is 12.1 Å². The molecule has 8 nitrogen and oxygen atoms in total. The fraction of sp³-hybridized carbons (Fsp3) is 0.300. The van der Waals surface area contributed by atoms with Gasteiger partial charge in [0.05, 0.1) is 6.61 Å². The number of hydrogen-bond acceptors (Lipinski definition) is 5. The number of carboxylic acid groups (broad SMARTS) is 1. The van der Waals surface area contributed by atoms with Crippen LogP contribution in [0.3, 0.4) is 0 Å². The number of fused-ring (bicyclic) bond motifs is 3. The maximum atomic E-state index is 13.5. The van der Waals surface area contributed by atoms with Crippen LogP contribution in [0.25, 0.3) is 11.1 Å². The number of hydrogen-bond donors (Lipinski definition) is 2. The molecule has 2 amide bonds. The summed E-state index contributed by atoms with van der Waals surface area (Å²) < 4.78 is 10.8. The molecule has 0 aromatic heterocycles. The van der Waals surface area contributed by atoms with Crippen molar-refractivity contribution in [3.05, 3.63) is 95.6 Å².